The van der Waals surface area contributed by atoms with E-state index in [0.717, 1.165) is 30.9 Å². The molecule has 6 heteroatoms. The van der Waals surface area contributed by atoms with Crippen molar-refractivity contribution in [3.05, 3.63) is 60.5 Å². The molecule has 0 N–H and O–H groups in total. The van der Waals surface area contributed by atoms with E-state index in [2.05, 4.69) is 15.0 Å². The third-order valence-corrected chi connectivity index (χ3v) is 4.46. The van der Waals surface area contributed by atoms with Crippen LogP contribution in [0.15, 0.2) is 53.4 Å². The molecule has 0 unspecified atom stereocenters. The number of hydrogen-bond acceptors (Lipinski definition) is 4. The van der Waals surface area contributed by atoms with Gasteiger partial charge in [-0.2, -0.15) is 5.10 Å². The molecule has 0 saturated carbocycles. The lowest BCUT2D eigenvalue weighted by Gasteiger charge is -2.23. The van der Waals surface area contributed by atoms with Gasteiger partial charge in [0.15, 0.2) is 0 Å². The van der Waals surface area contributed by atoms with Gasteiger partial charge in [-0.05, 0) is 49.7 Å². The van der Waals surface area contributed by atoms with Crippen LogP contribution in [0.5, 0.6) is 0 Å². The van der Waals surface area contributed by atoms with Gasteiger partial charge >= 0.3 is 0 Å². The first-order valence-corrected chi connectivity index (χ1v) is 8.20. The maximum absolute atomic E-state index is 13.0. The zero-order valence-corrected chi connectivity index (χ0v) is 13.3. The van der Waals surface area contributed by atoms with E-state index < -0.39 is 0 Å². The highest BCUT2D eigenvalue weighted by molar-refractivity contribution is 5.52. The lowest BCUT2D eigenvalue weighted by molar-refractivity contribution is 0.217. The molecule has 0 bridgehead atoms. The molecule has 0 aliphatic carbocycles. The number of benzene rings is 1. The van der Waals surface area contributed by atoms with E-state index in [1.54, 1.807) is 18.4 Å². The van der Waals surface area contributed by atoms with Crippen molar-refractivity contribution in [1.82, 2.24) is 19.7 Å². The van der Waals surface area contributed by atoms with Crippen molar-refractivity contribution in [2.24, 2.45) is 0 Å². The SMILES string of the molecule is Fc1ccc(-c2nc(CN3CCC[C@@H]3Cn3cccn3)co2)cc1. The summed E-state index contributed by atoms with van der Waals surface area (Å²) in [5.74, 6) is 0.275. The fourth-order valence-corrected chi connectivity index (χ4v) is 3.25. The zero-order valence-electron chi connectivity index (χ0n) is 13.3. The van der Waals surface area contributed by atoms with Gasteiger partial charge in [-0.1, -0.05) is 0 Å². The first-order valence-electron chi connectivity index (χ1n) is 8.20. The van der Waals surface area contributed by atoms with Crippen LogP contribution in [0.3, 0.4) is 0 Å². The topological polar surface area (TPSA) is 47.1 Å². The molecule has 3 heterocycles. The number of aromatic nitrogens is 3. The fraction of sp³-hybridized carbons (Fsp3) is 0.333. The Bertz CT molecular complexity index is 782. The monoisotopic (exact) mass is 326 g/mol. The minimum Gasteiger partial charge on any atom is -0.444 e. The molecule has 0 spiro atoms. The van der Waals surface area contributed by atoms with Crippen molar-refractivity contribution >= 4 is 0 Å². The fourth-order valence-electron chi connectivity index (χ4n) is 3.25. The summed E-state index contributed by atoms with van der Waals surface area (Å²) < 4.78 is 20.6. The Hall–Kier alpha value is -2.47. The van der Waals surface area contributed by atoms with Gasteiger partial charge in [0.2, 0.25) is 5.89 Å². The van der Waals surface area contributed by atoms with Gasteiger partial charge in [-0.3, -0.25) is 9.58 Å². The molecule has 0 amide bonds. The number of nitrogens with zero attached hydrogens (tertiary/aromatic N) is 4. The summed E-state index contributed by atoms with van der Waals surface area (Å²) in [7, 11) is 0. The van der Waals surface area contributed by atoms with Crippen LogP contribution in [0.4, 0.5) is 4.39 Å². The smallest absolute Gasteiger partial charge is 0.226 e. The highest BCUT2D eigenvalue weighted by atomic mass is 19.1. The molecule has 1 atom stereocenters. The molecular weight excluding hydrogens is 307 g/mol. The third-order valence-electron chi connectivity index (χ3n) is 4.46. The van der Waals surface area contributed by atoms with Crippen LogP contribution >= 0.6 is 0 Å². The largest absolute Gasteiger partial charge is 0.444 e. The lowest BCUT2D eigenvalue weighted by Crippen LogP contribution is -2.32. The molecule has 5 nitrogen and oxygen atoms in total. The number of hydrogen-bond donors (Lipinski definition) is 0. The van der Waals surface area contributed by atoms with E-state index in [1.807, 2.05) is 23.1 Å². The summed E-state index contributed by atoms with van der Waals surface area (Å²) in [6, 6.07) is 8.62. The minimum absolute atomic E-state index is 0.260. The Kier molecular flexibility index (Phi) is 4.13. The number of oxazole rings is 1. The van der Waals surface area contributed by atoms with E-state index in [1.165, 1.54) is 25.0 Å². The normalized spacial score (nSPS) is 18.3. The second-order valence-electron chi connectivity index (χ2n) is 6.15. The molecule has 0 radical (unpaired) electrons. The Labute approximate surface area is 139 Å². The molecule has 1 aliphatic heterocycles. The highest BCUT2D eigenvalue weighted by Crippen LogP contribution is 2.23. The zero-order chi connectivity index (χ0) is 16.4. The van der Waals surface area contributed by atoms with Gasteiger partial charge in [-0.25, -0.2) is 9.37 Å². The van der Waals surface area contributed by atoms with E-state index in [0.29, 0.717) is 11.9 Å². The quantitative estimate of drug-likeness (QED) is 0.721. The molecule has 4 rings (SSSR count). The van der Waals surface area contributed by atoms with E-state index in [4.69, 9.17) is 4.42 Å². The van der Waals surface area contributed by atoms with Crippen LogP contribution in [0.2, 0.25) is 0 Å². The van der Waals surface area contributed by atoms with E-state index in [-0.39, 0.29) is 5.82 Å². The average Bonchev–Trinajstić information content (AvgIpc) is 3.32. The predicted octanol–water partition coefficient (Wildman–Crippen LogP) is 3.34. The summed E-state index contributed by atoms with van der Waals surface area (Å²) in [4.78, 5) is 6.98. The predicted molar refractivity (Wildman–Crippen MR) is 87.6 cm³/mol. The third kappa shape index (κ3) is 3.23. The molecule has 2 aromatic heterocycles. The standard InChI is InChI=1S/C18H19FN4O/c19-15-6-4-14(5-7-15)18-21-16(13-24-18)11-22-9-1-3-17(22)12-23-10-2-8-20-23/h2,4-8,10,13,17H,1,3,9,11-12H2/t17-/m1/s1. The van der Waals surface area contributed by atoms with Gasteiger partial charge in [0.25, 0.3) is 0 Å². The van der Waals surface area contributed by atoms with Crippen molar-refractivity contribution < 1.29 is 8.81 Å². The summed E-state index contributed by atoms with van der Waals surface area (Å²) in [5, 5.41) is 4.30. The molecule has 1 aromatic carbocycles. The maximum Gasteiger partial charge on any atom is 0.226 e. The molecule has 124 valence electrons. The number of rotatable bonds is 5. The van der Waals surface area contributed by atoms with Crippen molar-refractivity contribution in [2.75, 3.05) is 6.54 Å². The van der Waals surface area contributed by atoms with Crippen molar-refractivity contribution in [1.29, 1.82) is 0 Å². The maximum atomic E-state index is 13.0. The summed E-state index contributed by atoms with van der Waals surface area (Å²) >= 11 is 0. The van der Waals surface area contributed by atoms with Gasteiger partial charge in [0, 0.05) is 30.5 Å². The van der Waals surface area contributed by atoms with Gasteiger partial charge in [0.1, 0.15) is 12.1 Å². The minimum atomic E-state index is -0.260. The Morgan fingerprint density at radius 2 is 2.12 bits per heavy atom. The Balaban J connectivity index is 1.44. The van der Waals surface area contributed by atoms with Crippen LogP contribution in [-0.4, -0.2) is 32.3 Å². The van der Waals surface area contributed by atoms with E-state index in [9.17, 15) is 4.39 Å². The summed E-state index contributed by atoms with van der Waals surface area (Å²) in [5.41, 5.74) is 1.69. The average molecular weight is 326 g/mol. The first kappa shape index (κ1) is 15.1. The molecule has 24 heavy (non-hydrogen) atoms. The molecule has 3 aromatic rings. The molecule has 1 aliphatic rings. The second kappa shape index (κ2) is 6.57. The van der Waals surface area contributed by atoms with Crippen LogP contribution in [0.25, 0.3) is 11.5 Å². The molecule has 1 fully saturated rings. The van der Waals surface area contributed by atoms with Crippen LogP contribution in [-0.2, 0) is 13.1 Å². The van der Waals surface area contributed by atoms with Gasteiger partial charge in [0.05, 0.1) is 12.2 Å². The Morgan fingerprint density at radius 3 is 2.92 bits per heavy atom. The van der Waals surface area contributed by atoms with Gasteiger partial charge in [-0.15, -0.1) is 0 Å². The molecule has 1 saturated heterocycles. The lowest BCUT2D eigenvalue weighted by atomic mass is 10.2. The van der Waals surface area contributed by atoms with Crippen molar-refractivity contribution in [2.45, 2.75) is 32.0 Å². The summed E-state index contributed by atoms with van der Waals surface area (Å²) in [6.07, 6.45) is 7.87. The van der Waals surface area contributed by atoms with E-state index >= 15 is 0 Å². The van der Waals surface area contributed by atoms with Crippen LogP contribution < -0.4 is 0 Å². The Morgan fingerprint density at radius 1 is 1.25 bits per heavy atom. The second-order valence-corrected chi connectivity index (χ2v) is 6.15. The van der Waals surface area contributed by atoms with Crippen molar-refractivity contribution in [3.63, 3.8) is 0 Å². The first-order chi connectivity index (χ1) is 11.8. The molecular formula is C18H19FN4O. The van der Waals surface area contributed by atoms with Crippen LogP contribution in [0.1, 0.15) is 18.5 Å². The van der Waals surface area contributed by atoms with Gasteiger partial charge < -0.3 is 4.42 Å². The highest BCUT2D eigenvalue weighted by Gasteiger charge is 2.26. The number of likely N-dealkylation sites (tertiary alicyclic amines) is 1. The summed E-state index contributed by atoms with van der Waals surface area (Å²) in [6.45, 7) is 2.72. The van der Waals surface area contributed by atoms with Crippen LogP contribution in [0, 0.1) is 5.82 Å². The number of halogens is 1. The van der Waals surface area contributed by atoms with Crippen molar-refractivity contribution in [3.8, 4) is 11.5 Å².